The minimum Gasteiger partial charge on any atom is -0.496 e. The molecule has 118 valence electrons. The van der Waals surface area contributed by atoms with Gasteiger partial charge in [0.2, 0.25) is 0 Å². The van der Waals surface area contributed by atoms with Crippen molar-refractivity contribution in [2.75, 3.05) is 14.2 Å². The van der Waals surface area contributed by atoms with Gasteiger partial charge >= 0.3 is 0 Å². The molecule has 0 radical (unpaired) electrons. The minimum atomic E-state index is -0.644. The van der Waals surface area contributed by atoms with E-state index in [1.807, 2.05) is 13.0 Å². The predicted molar refractivity (Wildman–Crippen MR) is 84.9 cm³/mol. The molecule has 0 aliphatic heterocycles. The summed E-state index contributed by atoms with van der Waals surface area (Å²) in [6.07, 6.45) is 5.83. The summed E-state index contributed by atoms with van der Waals surface area (Å²) in [5, 5.41) is 11.0. The fourth-order valence-electron chi connectivity index (χ4n) is 3.50. The molecule has 1 aromatic carbocycles. The molecule has 0 spiro atoms. The first-order chi connectivity index (χ1) is 10.1. The summed E-state index contributed by atoms with van der Waals surface area (Å²) >= 11 is 0. The molecule has 1 N–H and O–H groups in total. The highest BCUT2D eigenvalue weighted by Crippen LogP contribution is 2.43. The Labute approximate surface area is 128 Å². The SMILES string of the molecule is COc1c(C(O)C2(OC)CCCCCC2)ccc(C)c1C. The first-order valence-corrected chi connectivity index (χ1v) is 7.93. The van der Waals surface area contributed by atoms with Crippen LogP contribution in [0.15, 0.2) is 12.1 Å². The molecule has 1 saturated carbocycles. The van der Waals surface area contributed by atoms with Crippen molar-refractivity contribution in [3.05, 3.63) is 28.8 Å². The zero-order valence-electron chi connectivity index (χ0n) is 13.7. The second-order valence-electron chi connectivity index (χ2n) is 6.22. The first-order valence-electron chi connectivity index (χ1n) is 7.93. The smallest absolute Gasteiger partial charge is 0.127 e. The summed E-state index contributed by atoms with van der Waals surface area (Å²) in [6, 6.07) is 4.04. The van der Waals surface area contributed by atoms with E-state index in [0.717, 1.165) is 42.6 Å². The monoisotopic (exact) mass is 292 g/mol. The Bertz CT molecular complexity index is 474. The van der Waals surface area contributed by atoms with Crippen molar-refractivity contribution < 1.29 is 14.6 Å². The Balaban J connectivity index is 2.41. The Morgan fingerprint density at radius 3 is 2.19 bits per heavy atom. The minimum absolute atomic E-state index is 0.481. The maximum absolute atomic E-state index is 11.0. The van der Waals surface area contributed by atoms with E-state index in [1.165, 1.54) is 18.4 Å². The lowest BCUT2D eigenvalue weighted by Crippen LogP contribution is -2.38. The largest absolute Gasteiger partial charge is 0.496 e. The molecule has 2 rings (SSSR count). The van der Waals surface area contributed by atoms with Crippen molar-refractivity contribution in [3.8, 4) is 5.75 Å². The normalized spacial score (nSPS) is 19.9. The molecule has 1 aliphatic rings. The van der Waals surface area contributed by atoms with Gasteiger partial charge in [-0.25, -0.2) is 0 Å². The Kier molecular flexibility index (Phi) is 5.28. The zero-order valence-corrected chi connectivity index (χ0v) is 13.7. The summed E-state index contributed by atoms with van der Waals surface area (Å²) in [5.41, 5.74) is 2.64. The number of benzene rings is 1. The first kappa shape index (κ1) is 16.3. The third-order valence-corrected chi connectivity index (χ3v) is 5.06. The van der Waals surface area contributed by atoms with Gasteiger partial charge in [-0.05, 0) is 37.8 Å². The standard InChI is InChI=1S/C18H28O3/c1-13-9-10-15(16(20-3)14(13)2)17(19)18(21-4)11-7-5-6-8-12-18/h9-10,17,19H,5-8,11-12H2,1-4H3. The average molecular weight is 292 g/mol. The van der Waals surface area contributed by atoms with Crippen LogP contribution in [0, 0.1) is 13.8 Å². The summed E-state index contributed by atoms with van der Waals surface area (Å²) in [6.45, 7) is 4.10. The van der Waals surface area contributed by atoms with E-state index >= 15 is 0 Å². The van der Waals surface area contributed by atoms with Crippen LogP contribution >= 0.6 is 0 Å². The topological polar surface area (TPSA) is 38.7 Å². The van der Waals surface area contributed by atoms with Crippen molar-refractivity contribution in [2.45, 2.75) is 64.1 Å². The van der Waals surface area contributed by atoms with Gasteiger partial charge in [0.05, 0.1) is 12.7 Å². The molecule has 0 saturated heterocycles. The van der Waals surface area contributed by atoms with E-state index in [0.29, 0.717) is 0 Å². The highest BCUT2D eigenvalue weighted by Gasteiger charge is 2.40. The predicted octanol–water partition coefficient (Wildman–Crippen LogP) is 4.08. The van der Waals surface area contributed by atoms with Crippen molar-refractivity contribution in [2.24, 2.45) is 0 Å². The van der Waals surface area contributed by atoms with Crippen LogP contribution in [0.5, 0.6) is 5.75 Å². The summed E-state index contributed by atoms with van der Waals surface area (Å²) in [5.74, 6) is 0.795. The van der Waals surface area contributed by atoms with Crippen LogP contribution in [0.3, 0.4) is 0 Å². The van der Waals surface area contributed by atoms with Crippen LogP contribution in [-0.2, 0) is 4.74 Å². The van der Waals surface area contributed by atoms with Gasteiger partial charge in [0.1, 0.15) is 11.9 Å². The number of rotatable bonds is 4. The molecule has 1 aliphatic carbocycles. The molecule has 1 aromatic rings. The number of ether oxygens (including phenoxy) is 2. The third kappa shape index (κ3) is 3.09. The Hall–Kier alpha value is -1.06. The molecule has 21 heavy (non-hydrogen) atoms. The highest BCUT2D eigenvalue weighted by molar-refractivity contribution is 5.47. The average Bonchev–Trinajstić information content (AvgIpc) is 2.75. The molecule has 0 bridgehead atoms. The van der Waals surface area contributed by atoms with Gasteiger partial charge in [0.15, 0.2) is 0 Å². The maximum atomic E-state index is 11.0. The van der Waals surface area contributed by atoms with E-state index in [1.54, 1.807) is 14.2 Å². The van der Waals surface area contributed by atoms with Crippen LogP contribution in [0.4, 0.5) is 0 Å². The van der Waals surface area contributed by atoms with E-state index in [-0.39, 0.29) is 0 Å². The second kappa shape index (κ2) is 6.80. The van der Waals surface area contributed by atoms with Crippen LogP contribution in [-0.4, -0.2) is 24.9 Å². The molecule has 3 heteroatoms. The van der Waals surface area contributed by atoms with E-state index in [9.17, 15) is 5.11 Å². The molecule has 0 aromatic heterocycles. The highest BCUT2D eigenvalue weighted by atomic mass is 16.5. The molecule has 3 nitrogen and oxygen atoms in total. The van der Waals surface area contributed by atoms with Gasteiger partial charge in [-0.3, -0.25) is 0 Å². The van der Waals surface area contributed by atoms with Crippen molar-refractivity contribution in [1.29, 1.82) is 0 Å². The molecular weight excluding hydrogens is 264 g/mol. The lowest BCUT2D eigenvalue weighted by Gasteiger charge is -2.37. The number of hydrogen-bond acceptors (Lipinski definition) is 3. The van der Waals surface area contributed by atoms with E-state index < -0.39 is 11.7 Å². The number of hydrogen-bond donors (Lipinski definition) is 1. The van der Waals surface area contributed by atoms with Crippen LogP contribution in [0.25, 0.3) is 0 Å². The van der Waals surface area contributed by atoms with Gasteiger partial charge in [0, 0.05) is 12.7 Å². The number of aliphatic hydroxyl groups excluding tert-OH is 1. The van der Waals surface area contributed by atoms with Gasteiger partial charge in [-0.15, -0.1) is 0 Å². The van der Waals surface area contributed by atoms with Gasteiger partial charge in [-0.1, -0.05) is 37.8 Å². The Morgan fingerprint density at radius 2 is 1.67 bits per heavy atom. The molecule has 0 amide bonds. The van der Waals surface area contributed by atoms with Gasteiger partial charge in [0.25, 0.3) is 0 Å². The number of methoxy groups -OCH3 is 2. The quantitative estimate of drug-likeness (QED) is 0.850. The van der Waals surface area contributed by atoms with Gasteiger partial charge < -0.3 is 14.6 Å². The lowest BCUT2D eigenvalue weighted by molar-refractivity contribution is -0.114. The second-order valence-corrected chi connectivity index (χ2v) is 6.22. The van der Waals surface area contributed by atoms with E-state index in [2.05, 4.69) is 13.0 Å². The maximum Gasteiger partial charge on any atom is 0.127 e. The van der Waals surface area contributed by atoms with Crippen molar-refractivity contribution in [3.63, 3.8) is 0 Å². The van der Waals surface area contributed by atoms with Crippen molar-refractivity contribution in [1.82, 2.24) is 0 Å². The molecule has 1 unspecified atom stereocenters. The number of aliphatic hydroxyl groups is 1. The van der Waals surface area contributed by atoms with Crippen LogP contribution in [0.2, 0.25) is 0 Å². The lowest BCUT2D eigenvalue weighted by atomic mass is 9.83. The summed E-state index contributed by atoms with van der Waals surface area (Å²) < 4.78 is 11.4. The molecule has 1 fully saturated rings. The van der Waals surface area contributed by atoms with Crippen LogP contribution < -0.4 is 4.74 Å². The molecule has 1 atom stereocenters. The summed E-state index contributed by atoms with van der Waals surface area (Å²) in [7, 11) is 3.40. The summed E-state index contributed by atoms with van der Waals surface area (Å²) in [4.78, 5) is 0. The fraction of sp³-hybridized carbons (Fsp3) is 0.667. The van der Waals surface area contributed by atoms with Crippen molar-refractivity contribution >= 4 is 0 Å². The Morgan fingerprint density at radius 1 is 1.05 bits per heavy atom. The number of aryl methyl sites for hydroxylation is 1. The molecular formula is C18H28O3. The fourth-order valence-corrected chi connectivity index (χ4v) is 3.50. The third-order valence-electron chi connectivity index (χ3n) is 5.06. The molecule has 0 heterocycles. The van der Waals surface area contributed by atoms with Gasteiger partial charge in [-0.2, -0.15) is 0 Å². The van der Waals surface area contributed by atoms with Crippen LogP contribution in [0.1, 0.15) is 61.3 Å². The zero-order chi connectivity index (χ0) is 15.5. The van der Waals surface area contributed by atoms with E-state index in [4.69, 9.17) is 9.47 Å².